The molecule has 0 N–H and O–H groups in total. The van der Waals surface area contributed by atoms with Crippen molar-refractivity contribution in [2.75, 3.05) is 0 Å². The molecule has 3 aromatic rings. The van der Waals surface area contributed by atoms with E-state index in [4.69, 9.17) is 0 Å². The first-order valence-electron chi connectivity index (χ1n) is 5.59. The third kappa shape index (κ3) is 2.11. The number of nitrogens with zero attached hydrogens (tertiary/aromatic N) is 2. The zero-order chi connectivity index (χ0) is 11.5. The Balaban J connectivity index is 1.92. The van der Waals surface area contributed by atoms with Crippen molar-refractivity contribution in [3.05, 3.63) is 66.4 Å². The Morgan fingerprint density at radius 1 is 0.882 bits per heavy atom. The quantitative estimate of drug-likeness (QED) is 0.644. The van der Waals surface area contributed by atoms with Crippen molar-refractivity contribution in [2.24, 2.45) is 0 Å². The summed E-state index contributed by atoms with van der Waals surface area (Å²) in [6.07, 6.45) is 6.04. The van der Waals surface area contributed by atoms with Crippen molar-refractivity contribution < 1.29 is 0 Å². The lowest BCUT2D eigenvalue weighted by atomic mass is 10.2. The smallest absolute Gasteiger partial charge is 0.0927 e. The predicted octanol–water partition coefficient (Wildman–Crippen LogP) is 3.66. The molecule has 0 saturated carbocycles. The van der Waals surface area contributed by atoms with Crippen LogP contribution in [0, 0.1) is 0 Å². The topological polar surface area (TPSA) is 17.8 Å². The van der Waals surface area contributed by atoms with Gasteiger partial charge in [0.15, 0.2) is 0 Å². The van der Waals surface area contributed by atoms with Crippen LogP contribution in [-0.2, 0) is 0 Å². The van der Waals surface area contributed by atoms with Crippen molar-refractivity contribution in [1.82, 2.24) is 9.78 Å². The van der Waals surface area contributed by atoms with E-state index in [0.29, 0.717) is 0 Å². The number of rotatable bonds is 2. The molecule has 2 heteroatoms. The third-order valence-corrected chi connectivity index (χ3v) is 2.65. The van der Waals surface area contributed by atoms with E-state index in [-0.39, 0.29) is 0 Å². The largest absolute Gasteiger partial charge is 0.247 e. The van der Waals surface area contributed by atoms with Crippen LogP contribution < -0.4 is 0 Å². The molecule has 0 unspecified atom stereocenters. The van der Waals surface area contributed by atoms with Crippen LogP contribution >= 0.6 is 0 Å². The Labute approximate surface area is 99.8 Å². The molecule has 0 amide bonds. The fourth-order valence-corrected chi connectivity index (χ4v) is 1.79. The average molecular weight is 220 g/mol. The van der Waals surface area contributed by atoms with Crippen molar-refractivity contribution in [3.8, 4) is 0 Å². The molecule has 0 aliphatic rings. The van der Waals surface area contributed by atoms with Gasteiger partial charge >= 0.3 is 0 Å². The molecular weight excluding hydrogens is 208 g/mol. The molecular formula is C15H12N2. The second-order valence-electron chi connectivity index (χ2n) is 3.89. The van der Waals surface area contributed by atoms with Gasteiger partial charge in [0.05, 0.1) is 5.52 Å². The number of aromatic nitrogens is 2. The van der Waals surface area contributed by atoms with E-state index in [1.165, 1.54) is 5.56 Å². The third-order valence-electron chi connectivity index (χ3n) is 2.65. The van der Waals surface area contributed by atoms with Crippen molar-refractivity contribution in [3.63, 3.8) is 0 Å². The van der Waals surface area contributed by atoms with Crippen molar-refractivity contribution >= 4 is 23.2 Å². The molecule has 2 nitrogen and oxygen atoms in total. The van der Waals surface area contributed by atoms with Crippen molar-refractivity contribution in [2.45, 2.75) is 0 Å². The lowest BCUT2D eigenvalue weighted by Crippen LogP contribution is -1.84. The van der Waals surface area contributed by atoms with Gasteiger partial charge in [-0.3, -0.25) is 0 Å². The summed E-state index contributed by atoms with van der Waals surface area (Å²) in [4.78, 5) is 0. The summed E-state index contributed by atoms with van der Waals surface area (Å²) in [5.74, 6) is 0. The Morgan fingerprint density at radius 2 is 1.65 bits per heavy atom. The first-order valence-corrected chi connectivity index (χ1v) is 5.59. The minimum atomic E-state index is 1.02. The van der Waals surface area contributed by atoms with Gasteiger partial charge in [-0.15, -0.1) is 0 Å². The number of fused-ring (bicyclic) bond motifs is 1. The second kappa shape index (κ2) is 4.26. The van der Waals surface area contributed by atoms with Crippen LogP contribution in [0.3, 0.4) is 0 Å². The summed E-state index contributed by atoms with van der Waals surface area (Å²) in [7, 11) is 0. The minimum Gasteiger partial charge on any atom is -0.247 e. The van der Waals surface area contributed by atoms with E-state index in [2.05, 4.69) is 23.3 Å². The van der Waals surface area contributed by atoms with E-state index in [9.17, 15) is 0 Å². The van der Waals surface area contributed by atoms with Gasteiger partial charge in [0.2, 0.25) is 0 Å². The first kappa shape index (κ1) is 9.85. The lowest BCUT2D eigenvalue weighted by Gasteiger charge is -1.91. The summed E-state index contributed by atoms with van der Waals surface area (Å²) >= 11 is 0. The summed E-state index contributed by atoms with van der Waals surface area (Å²) in [6, 6.07) is 18.3. The molecule has 0 aliphatic carbocycles. The molecule has 2 aromatic carbocycles. The minimum absolute atomic E-state index is 1.02. The molecule has 0 bridgehead atoms. The Kier molecular flexibility index (Phi) is 2.47. The molecule has 0 atom stereocenters. The van der Waals surface area contributed by atoms with E-state index in [0.717, 1.165) is 10.9 Å². The maximum Gasteiger partial charge on any atom is 0.0927 e. The predicted molar refractivity (Wildman–Crippen MR) is 71.4 cm³/mol. The maximum atomic E-state index is 4.46. The molecule has 1 heterocycles. The molecule has 0 aliphatic heterocycles. The number of hydrogen-bond acceptors (Lipinski definition) is 1. The molecule has 3 rings (SSSR count). The normalized spacial score (nSPS) is 11.3. The molecule has 0 radical (unpaired) electrons. The summed E-state index contributed by atoms with van der Waals surface area (Å²) in [5, 5.41) is 5.62. The van der Waals surface area contributed by atoms with Gasteiger partial charge in [0.1, 0.15) is 0 Å². The average Bonchev–Trinajstić information content (AvgIpc) is 2.80. The Morgan fingerprint density at radius 3 is 2.47 bits per heavy atom. The van der Waals surface area contributed by atoms with E-state index >= 15 is 0 Å². The molecule has 17 heavy (non-hydrogen) atoms. The summed E-state index contributed by atoms with van der Waals surface area (Å²) in [6.45, 7) is 0. The van der Waals surface area contributed by atoms with Gasteiger partial charge in [-0.25, -0.2) is 4.68 Å². The van der Waals surface area contributed by atoms with Gasteiger partial charge in [-0.2, -0.15) is 5.10 Å². The zero-order valence-electron chi connectivity index (χ0n) is 9.32. The Bertz CT molecular complexity index is 618. The van der Waals surface area contributed by atoms with Gasteiger partial charge in [0.25, 0.3) is 0 Å². The van der Waals surface area contributed by atoms with Gasteiger partial charge in [0, 0.05) is 17.8 Å². The fraction of sp³-hybridized carbons (Fsp3) is 0. The highest BCUT2D eigenvalue weighted by molar-refractivity contribution is 5.78. The van der Waals surface area contributed by atoms with Crippen LogP contribution in [0.5, 0.6) is 0 Å². The first-order chi connectivity index (χ1) is 8.42. The summed E-state index contributed by atoms with van der Waals surface area (Å²) in [5.41, 5.74) is 2.19. The molecule has 82 valence electrons. The van der Waals surface area contributed by atoms with Crippen LogP contribution in [0.2, 0.25) is 0 Å². The highest BCUT2D eigenvalue weighted by Crippen LogP contribution is 2.11. The molecule has 0 saturated heterocycles. The zero-order valence-corrected chi connectivity index (χ0v) is 9.32. The number of hydrogen-bond donors (Lipinski definition) is 0. The summed E-state index contributed by atoms with van der Waals surface area (Å²) < 4.78 is 1.84. The second-order valence-corrected chi connectivity index (χ2v) is 3.89. The number of benzene rings is 2. The van der Waals surface area contributed by atoms with Crippen LogP contribution in [0.4, 0.5) is 0 Å². The Hall–Kier alpha value is -2.35. The lowest BCUT2D eigenvalue weighted by molar-refractivity contribution is 0.957. The van der Waals surface area contributed by atoms with E-state index < -0.39 is 0 Å². The monoisotopic (exact) mass is 220 g/mol. The highest BCUT2D eigenvalue weighted by atomic mass is 15.3. The molecule has 1 aromatic heterocycles. The van der Waals surface area contributed by atoms with Crippen LogP contribution in [0.15, 0.2) is 60.8 Å². The van der Waals surface area contributed by atoms with Crippen LogP contribution in [0.1, 0.15) is 5.56 Å². The van der Waals surface area contributed by atoms with E-state index in [1.54, 1.807) is 0 Å². The fourth-order valence-electron chi connectivity index (χ4n) is 1.79. The highest BCUT2D eigenvalue weighted by Gasteiger charge is 1.95. The molecule has 0 spiro atoms. The van der Waals surface area contributed by atoms with Gasteiger partial charge < -0.3 is 0 Å². The van der Waals surface area contributed by atoms with Crippen molar-refractivity contribution in [1.29, 1.82) is 0 Å². The standard InChI is InChI=1S/C15H12N2/c1-2-6-13(7-3-1)10-11-17-12-14-8-4-5-9-15(14)16-17/h1-12H/b11-10-. The van der Waals surface area contributed by atoms with E-state index in [1.807, 2.05) is 59.6 Å². The van der Waals surface area contributed by atoms with Gasteiger partial charge in [-0.05, 0) is 17.7 Å². The van der Waals surface area contributed by atoms with Crippen LogP contribution in [0.25, 0.3) is 23.2 Å². The van der Waals surface area contributed by atoms with Crippen LogP contribution in [-0.4, -0.2) is 9.78 Å². The SMILES string of the molecule is C(=C/n1cc2ccccc2n1)/c1ccccc1. The maximum absolute atomic E-state index is 4.46. The van der Waals surface area contributed by atoms with Gasteiger partial charge in [-0.1, -0.05) is 48.5 Å². The molecule has 0 fully saturated rings.